The van der Waals surface area contributed by atoms with E-state index in [9.17, 15) is 5.11 Å². The zero-order valence-corrected chi connectivity index (χ0v) is 6.72. The summed E-state index contributed by atoms with van der Waals surface area (Å²) in [7, 11) is 1.55. The molecule has 0 aromatic rings. The molecule has 2 heteroatoms. The summed E-state index contributed by atoms with van der Waals surface area (Å²) in [5.41, 5.74) is -0.589. The second-order valence-corrected chi connectivity index (χ2v) is 2.44. The summed E-state index contributed by atoms with van der Waals surface area (Å²) >= 11 is 0. The average molecular weight is 142 g/mol. The Bertz CT molecular complexity index is 131. The van der Waals surface area contributed by atoms with Crippen LogP contribution in [0.1, 0.15) is 20.3 Å². The van der Waals surface area contributed by atoms with Gasteiger partial charge in [-0.3, -0.25) is 0 Å². The molecule has 0 aromatic heterocycles. The van der Waals surface area contributed by atoms with Crippen molar-refractivity contribution in [2.45, 2.75) is 32.0 Å². The van der Waals surface area contributed by atoms with Crippen molar-refractivity contribution in [1.29, 1.82) is 0 Å². The van der Waals surface area contributed by atoms with Crippen LogP contribution < -0.4 is 0 Å². The van der Waals surface area contributed by atoms with Crippen molar-refractivity contribution in [1.82, 2.24) is 0 Å². The van der Waals surface area contributed by atoms with Gasteiger partial charge in [0, 0.05) is 7.11 Å². The van der Waals surface area contributed by atoms with Gasteiger partial charge in [0.05, 0.1) is 0 Å². The highest BCUT2D eigenvalue weighted by molar-refractivity contribution is 5.03. The number of aliphatic hydroxyl groups is 1. The number of hydrogen-bond donors (Lipinski definition) is 1. The van der Waals surface area contributed by atoms with Gasteiger partial charge < -0.3 is 9.84 Å². The second kappa shape index (κ2) is 3.60. The molecular formula is C8H14O2. The standard InChI is InChI=1S/C8H14O2/c1-5-7(9)8(3,6-2)10-4/h1,7,9H,6H2,2-4H3. The average Bonchev–Trinajstić information content (AvgIpc) is 2.01. The number of methoxy groups -OCH3 is 1. The number of ether oxygens (including phenoxy) is 1. The Labute approximate surface area is 62.2 Å². The molecule has 0 fully saturated rings. The zero-order valence-electron chi connectivity index (χ0n) is 6.72. The fourth-order valence-corrected chi connectivity index (χ4v) is 0.626. The van der Waals surface area contributed by atoms with E-state index in [1.165, 1.54) is 0 Å². The molecule has 58 valence electrons. The monoisotopic (exact) mass is 142 g/mol. The summed E-state index contributed by atoms with van der Waals surface area (Å²) in [6, 6.07) is 0. The van der Waals surface area contributed by atoms with Crippen LogP contribution in [0.15, 0.2) is 0 Å². The SMILES string of the molecule is C#CC(O)C(C)(CC)OC. The van der Waals surface area contributed by atoms with E-state index < -0.39 is 11.7 Å². The lowest BCUT2D eigenvalue weighted by Gasteiger charge is -2.28. The molecule has 0 amide bonds. The van der Waals surface area contributed by atoms with E-state index in [0.717, 1.165) is 0 Å². The normalized spacial score (nSPS) is 19.1. The maximum absolute atomic E-state index is 9.22. The number of aliphatic hydroxyl groups excluding tert-OH is 1. The number of hydrogen-bond acceptors (Lipinski definition) is 2. The highest BCUT2D eigenvalue weighted by Gasteiger charge is 2.29. The van der Waals surface area contributed by atoms with Crippen LogP contribution in [0.3, 0.4) is 0 Å². The van der Waals surface area contributed by atoms with Gasteiger partial charge in [0.1, 0.15) is 11.7 Å². The first-order chi connectivity index (χ1) is 4.60. The Morgan fingerprint density at radius 3 is 2.40 bits per heavy atom. The topological polar surface area (TPSA) is 29.5 Å². The first-order valence-corrected chi connectivity index (χ1v) is 3.30. The van der Waals surface area contributed by atoms with Gasteiger partial charge in [0.2, 0.25) is 0 Å². The Morgan fingerprint density at radius 1 is 1.80 bits per heavy atom. The molecule has 2 atom stereocenters. The van der Waals surface area contributed by atoms with E-state index in [2.05, 4.69) is 5.92 Å². The summed E-state index contributed by atoms with van der Waals surface area (Å²) in [4.78, 5) is 0. The van der Waals surface area contributed by atoms with Gasteiger partial charge in [0.15, 0.2) is 0 Å². The fourth-order valence-electron chi connectivity index (χ4n) is 0.626. The van der Waals surface area contributed by atoms with Crippen LogP contribution in [-0.2, 0) is 4.74 Å². The molecular weight excluding hydrogens is 128 g/mol. The van der Waals surface area contributed by atoms with E-state index in [0.29, 0.717) is 6.42 Å². The molecule has 0 heterocycles. The molecule has 0 rings (SSSR count). The highest BCUT2D eigenvalue weighted by Crippen LogP contribution is 2.17. The maximum atomic E-state index is 9.22. The van der Waals surface area contributed by atoms with Crippen molar-refractivity contribution in [3.05, 3.63) is 0 Å². The van der Waals surface area contributed by atoms with Gasteiger partial charge in [-0.15, -0.1) is 6.42 Å². The molecule has 1 N–H and O–H groups in total. The van der Waals surface area contributed by atoms with Crippen LogP contribution in [-0.4, -0.2) is 23.9 Å². The Morgan fingerprint density at radius 2 is 2.30 bits per heavy atom. The van der Waals surface area contributed by atoms with Crippen molar-refractivity contribution in [2.24, 2.45) is 0 Å². The van der Waals surface area contributed by atoms with Gasteiger partial charge in [0.25, 0.3) is 0 Å². The predicted octanol–water partition coefficient (Wildman–Crippen LogP) is 0.796. The van der Waals surface area contributed by atoms with Gasteiger partial charge >= 0.3 is 0 Å². The van der Waals surface area contributed by atoms with Gasteiger partial charge in [-0.2, -0.15) is 0 Å². The summed E-state index contributed by atoms with van der Waals surface area (Å²) in [5, 5.41) is 9.22. The molecule has 0 aliphatic heterocycles. The summed E-state index contributed by atoms with van der Waals surface area (Å²) in [6.45, 7) is 3.71. The third-order valence-electron chi connectivity index (χ3n) is 1.90. The minimum atomic E-state index is -0.817. The first-order valence-electron chi connectivity index (χ1n) is 3.30. The molecule has 0 spiro atoms. The molecule has 0 aliphatic carbocycles. The van der Waals surface area contributed by atoms with E-state index >= 15 is 0 Å². The van der Waals surface area contributed by atoms with Gasteiger partial charge in [-0.25, -0.2) is 0 Å². The maximum Gasteiger partial charge on any atom is 0.142 e. The van der Waals surface area contributed by atoms with Gasteiger partial charge in [-0.1, -0.05) is 12.8 Å². The van der Waals surface area contributed by atoms with Gasteiger partial charge in [-0.05, 0) is 13.3 Å². The molecule has 2 unspecified atom stereocenters. The highest BCUT2D eigenvalue weighted by atomic mass is 16.5. The molecule has 2 nitrogen and oxygen atoms in total. The fraction of sp³-hybridized carbons (Fsp3) is 0.750. The molecule has 10 heavy (non-hydrogen) atoms. The lowest BCUT2D eigenvalue weighted by atomic mass is 9.96. The number of terminal acetylenes is 1. The van der Waals surface area contributed by atoms with Crippen molar-refractivity contribution in [2.75, 3.05) is 7.11 Å². The van der Waals surface area contributed by atoms with E-state index in [1.807, 2.05) is 6.92 Å². The van der Waals surface area contributed by atoms with Crippen molar-refractivity contribution in [3.8, 4) is 12.3 Å². The third-order valence-corrected chi connectivity index (χ3v) is 1.90. The Hall–Kier alpha value is -0.520. The third kappa shape index (κ3) is 1.73. The lowest BCUT2D eigenvalue weighted by molar-refractivity contribution is -0.0683. The minimum Gasteiger partial charge on any atom is -0.377 e. The Kier molecular flexibility index (Phi) is 3.41. The van der Waals surface area contributed by atoms with Crippen LogP contribution in [0.2, 0.25) is 0 Å². The zero-order chi connectivity index (χ0) is 8.20. The van der Waals surface area contributed by atoms with E-state index in [1.54, 1.807) is 14.0 Å². The van der Waals surface area contributed by atoms with E-state index in [-0.39, 0.29) is 0 Å². The van der Waals surface area contributed by atoms with E-state index in [4.69, 9.17) is 11.2 Å². The van der Waals surface area contributed by atoms with Crippen LogP contribution in [0.25, 0.3) is 0 Å². The van der Waals surface area contributed by atoms with Crippen LogP contribution in [0.5, 0.6) is 0 Å². The summed E-state index contributed by atoms with van der Waals surface area (Å²) < 4.78 is 5.05. The largest absolute Gasteiger partial charge is 0.377 e. The second-order valence-electron chi connectivity index (χ2n) is 2.44. The number of rotatable bonds is 3. The lowest BCUT2D eigenvalue weighted by Crippen LogP contribution is -2.39. The smallest absolute Gasteiger partial charge is 0.142 e. The summed E-state index contributed by atoms with van der Waals surface area (Å²) in [6.07, 6.45) is 4.92. The molecule has 0 radical (unpaired) electrons. The van der Waals surface area contributed by atoms with Crippen LogP contribution in [0.4, 0.5) is 0 Å². The molecule has 0 saturated heterocycles. The Balaban J connectivity index is 4.20. The summed E-state index contributed by atoms with van der Waals surface area (Å²) in [5.74, 6) is 2.24. The molecule has 0 saturated carbocycles. The molecule has 0 bridgehead atoms. The predicted molar refractivity (Wildman–Crippen MR) is 40.5 cm³/mol. The van der Waals surface area contributed by atoms with Crippen LogP contribution >= 0.6 is 0 Å². The quantitative estimate of drug-likeness (QED) is 0.590. The van der Waals surface area contributed by atoms with Crippen molar-refractivity contribution >= 4 is 0 Å². The minimum absolute atomic E-state index is 0.589. The molecule has 0 aromatic carbocycles. The first kappa shape index (κ1) is 9.48. The van der Waals surface area contributed by atoms with Crippen molar-refractivity contribution in [3.63, 3.8) is 0 Å². The van der Waals surface area contributed by atoms with Crippen LogP contribution in [0, 0.1) is 12.3 Å². The molecule has 0 aliphatic rings. The van der Waals surface area contributed by atoms with Crippen molar-refractivity contribution < 1.29 is 9.84 Å².